The average Bonchev–Trinajstić information content (AvgIpc) is 2.07. The molecule has 0 radical (unpaired) electrons. The molecule has 0 unspecified atom stereocenters. The molecule has 1 nitrogen and oxygen atoms in total. The van der Waals surface area contributed by atoms with E-state index in [0.717, 1.165) is 11.3 Å². The third-order valence-corrected chi connectivity index (χ3v) is 2.95. The van der Waals surface area contributed by atoms with Gasteiger partial charge in [0.25, 0.3) is 0 Å². The second-order valence-corrected chi connectivity index (χ2v) is 4.85. The zero-order valence-corrected chi connectivity index (χ0v) is 9.58. The van der Waals surface area contributed by atoms with E-state index in [9.17, 15) is 0 Å². The molecule has 0 atom stereocenters. The lowest BCUT2D eigenvalue weighted by Crippen LogP contribution is -2.30. The van der Waals surface area contributed by atoms with Gasteiger partial charge in [-0.25, -0.2) is 0 Å². The van der Waals surface area contributed by atoms with Crippen LogP contribution in [0.4, 0.5) is 5.69 Å². The Bertz CT molecular complexity index is 408. The summed E-state index contributed by atoms with van der Waals surface area (Å²) in [6.07, 6.45) is 4.17. The molecular weight excluding hydrogens is 217 g/mol. The molecule has 1 aromatic rings. The largest absolute Gasteiger partial charge is 0.376 e. The van der Waals surface area contributed by atoms with Gasteiger partial charge in [-0.15, -0.1) is 0 Å². The molecule has 0 amide bonds. The highest BCUT2D eigenvalue weighted by Crippen LogP contribution is 2.34. The first-order valence-electron chi connectivity index (χ1n) is 4.44. The summed E-state index contributed by atoms with van der Waals surface area (Å²) in [5.74, 6) is 0. The minimum Gasteiger partial charge on any atom is -0.376 e. The van der Waals surface area contributed by atoms with Gasteiger partial charge in [0.05, 0.1) is 15.6 Å². The number of hydrogen-bond acceptors (Lipinski definition) is 1. The second kappa shape index (κ2) is 3.18. The Hall–Kier alpha value is -0.660. The number of nitrogens with one attached hydrogen (secondary N) is 1. The number of anilines is 1. The number of hydrogen-bond donors (Lipinski definition) is 1. The minimum atomic E-state index is -0.0237. The maximum atomic E-state index is 5.94. The summed E-state index contributed by atoms with van der Waals surface area (Å²) in [6, 6.07) is 3.74. The average molecular weight is 228 g/mol. The first-order chi connectivity index (χ1) is 6.48. The van der Waals surface area contributed by atoms with E-state index in [-0.39, 0.29) is 5.54 Å². The summed E-state index contributed by atoms with van der Waals surface area (Å²) < 4.78 is 0. The monoisotopic (exact) mass is 227 g/mol. The van der Waals surface area contributed by atoms with Crippen LogP contribution in [0.3, 0.4) is 0 Å². The summed E-state index contributed by atoms with van der Waals surface area (Å²) in [5, 5.41) is 4.56. The van der Waals surface area contributed by atoms with Gasteiger partial charge in [0, 0.05) is 5.69 Å². The van der Waals surface area contributed by atoms with Gasteiger partial charge in [0.2, 0.25) is 0 Å². The molecular formula is C11H11Cl2N. The van der Waals surface area contributed by atoms with Gasteiger partial charge in [-0.1, -0.05) is 35.4 Å². The van der Waals surface area contributed by atoms with Crippen LogP contribution >= 0.6 is 23.2 Å². The molecule has 0 aliphatic carbocycles. The van der Waals surface area contributed by atoms with E-state index in [1.165, 1.54) is 0 Å². The summed E-state index contributed by atoms with van der Waals surface area (Å²) >= 11 is 11.9. The Labute approximate surface area is 93.7 Å². The van der Waals surface area contributed by atoms with Crippen LogP contribution in [0.15, 0.2) is 18.2 Å². The van der Waals surface area contributed by atoms with Crippen molar-refractivity contribution in [3.63, 3.8) is 0 Å². The van der Waals surface area contributed by atoms with E-state index >= 15 is 0 Å². The molecule has 0 bridgehead atoms. The Kier molecular flexibility index (Phi) is 2.24. The molecule has 2 rings (SSSR count). The Morgan fingerprint density at radius 1 is 1.14 bits per heavy atom. The lowest BCUT2D eigenvalue weighted by molar-refractivity contribution is 0.711. The molecule has 0 saturated carbocycles. The van der Waals surface area contributed by atoms with Crippen molar-refractivity contribution in [1.82, 2.24) is 0 Å². The molecule has 1 heterocycles. The lowest BCUT2D eigenvalue weighted by atomic mass is 9.97. The van der Waals surface area contributed by atoms with Gasteiger partial charge in [0.15, 0.2) is 0 Å². The van der Waals surface area contributed by atoms with Gasteiger partial charge < -0.3 is 5.32 Å². The highest BCUT2D eigenvalue weighted by atomic mass is 35.5. The highest BCUT2D eigenvalue weighted by Gasteiger charge is 2.19. The molecule has 1 aliphatic rings. The topological polar surface area (TPSA) is 12.0 Å². The van der Waals surface area contributed by atoms with E-state index in [1.54, 1.807) is 0 Å². The van der Waals surface area contributed by atoms with Crippen molar-refractivity contribution in [2.75, 3.05) is 5.32 Å². The van der Waals surface area contributed by atoms with Crippen LogP contribution < -0.4 is 5.32 Å². The molecule has 74 valence electrons. The molecule has 3 heteroatoms. The molecule has 14 heavy (non-hydrogen) atoms. The van der Waals surface area contributed by atoms with Crippen molar-refractivity contribution in [2.24, 2.45) is 0 Å². The Morgan fingerprint density at radius 2 is 1.79 bits per heavy atom. The first-order valence-corrected chi connectivity index (χ1v) is 5.20. The zero-order valence-electron chi connectivity index (χ0n) is 8.07. The molecule has 0 aromatic heterocycles. The fourth-order valence-corrected chi connectivity index (χ4v) is 1.83. The molecule has 0 fully saturated rings. The smallest absolute Gasteiger partial charge is 0.0613 e. The quantitative estimate of drug-likeness (QED) is 0.701. The van der Waals surface area contributed by atoms with Crippen LogP contribution in [0.2, 0.25) is 10.0 Å². The van der Waals surface area contributed by atoms with E-state index in [0.29, 0.717) is 10.0 Å². The van der Waals surface area contributed by atoms with Crippen LogP contribution in [0.25, 0.3) is 6.08 Å². The maximum Gasteiger partial charge on any atom is 0.0613 e. The number of rotatable bonds is 0. The normalized spacial score (nSPS) is 17.4. The van der Waals surface area contributed by atoms with Gasteiger partial charge in [0.1, 0.15) is 0 Å². The van der Waals surface area contributed by atoms with E-state index in [2.05, 4.69) is 31.3 Å². The summed E-state index contributed by atoms with van der Waals surface area (Å²) in [5.41, 5.74) is 2.09. The second-order valence-electron chi connectivity index (χ2n) is 4.03. The minimum absolute atomic E-state index is 0.0237. The number of halogens is 2. The standard InChI is InChI=1S/C11H11Cl2N/c1-11(2)4-3-7-5-8(12)9(13)6-10(7)14-11/h3-6,14H,1-2H3. The summed E-state index contributed by atoms with van der Waals surface area (Å²) in [4.78, 5) is 0. The summed E-state index contributed by atoms with van der Waals surface area (Å²) in [6.45, 7) is 4.21. The van der Waals surface area contributed by atoms with E-state index in [1.807, 2.05) is 12.1 Å². The lowest BCUT2D eigenvalue weighted by Gasteiger charge is -2.29. The SMILES string of the molecule is CC1(C)C=Cc2cc(Cl)c(Cl)cc2N1. The van der Waals surface area contributed by atoms with Gasteiger partial charge in [-0.2, -0.15) is 0 Å². The van der Waals surface area contributed by atoms with Crippen molar-refractivity contribution in [1.29, 1.82) is 0 Å². The fraction of sp³-hybridized carbons (Fsp3) is 0.273. The fourth-order valence-electron chi connectivity index (χ4n) is 1.50. The van der Waals surface area contributed by atoms with Gasteiger partial charge >= 0.3 is 0 Å². The maximum absolute atomic E-state index is 5.94. The number of fused-ring (bicyclic) bond motifs is 1. The van der Waals surface area contributed by atoms with E-state index in [4.69, 9.17) is 23.2 Å². The van der Waals surface area contributed by atoms with Crippen LogP contribution in [-0.2, 0) is 0 Å². The Morgan fingerprint density at radius 3 is 2.50 bits per heavy atom. The van der Waals surface area contributed by atoms with Crippen molar-refractivity contribution >= 4 is 35.0 Å². The molecule has 1 N–H and O–H groups in total. The molecule has 1 aliphatic heterocycles. The van der Waals surface area contributed by atoms with Gasteiger partial charge in [-0.3, -0.25) is 0 Å². The van der Waals surface area contributed by atoms with Crippen molar-refractivity contribution in [2.45, 2.75) is 19.4 Å². The molecule has 0 spiro atoms. The van der Waals surface area contributed by atoms with Crippen LogP contribution in [0, 0.1) is 0 Å². The van der Waals surface area contributed by atoms with E-state index < -0.39 is 0 Å². The molecule has 1 aromatic carbocycles. The van der Waals surface area contributed by atoms with Crippen molar-refractivity contribution in [3.8, 4) is 0 Å². The van der Waals surface area contributed by atoms with Crippen molar-refractivity contribution < 1.29 is 0 Å². The zero-order chi connectivity index (χ0) is 10.3. The predicted molar refractivity (Wildman–Crippen MR) is 63.2 cm³/mol. The van der Waals surface area contributed by atoms with Crippen LogP contribution in [0.1, 0.15) is 19.4 Å². The van der Waals surface area contributed by atoms with Crippen LogP contribution in [-0.4, -0.2) is 5.54 Å². The highest BCUT2D eigenvalue weighted by molar-refractivity contribution is 6.42. The Balaban J connectivity index is 2.52. The van der Waals surface area contributed by atoms with Gasteiger partial charge in [-0.05, 0) is 31.5 Å². The van der Waals surface area contributed by atoms with Crippen LogP contribution in [0.5, 0.6) is 0 Å². The summed E-state index contributed by atoms with van der Waals surface area (Å²) in [7, 11) is 0. The number of benzene rings is 1. The third-order valence-electron chi connectivity index (χ3n) is 2.23. The predicted octanol–water partition coefficient (Wildman–Crippen LogP) is 4.21. The molecule has 0 saturated heterocycles. The first kappa shape index (κ1) is 9.88. The van der Waals surface area contributed by atoms with Crippen molar-refractivity contribution in [3.05, 3.63) is 33.8 Å². The third kappa shape index (κ3) is 1.75.